The van der Waals surface area contributed by atoms with E-state index in [1.165, 1.54) is 11.1 Å². The first kappa shape index (κ1) is 18.1. The fourth-order valence-electron chi connectivity index (χ4n) is 2.40. The summed E-state index contributed by atoms with van der Waals surface area (Å²) in [6, 6.07) is 16.0. The molecule has 5 nitrogen and oxygen atoms in total. The summed E-state index contributed by atoms with van der Waals surface area (Å²) in [7, 11) is 0. The molecule has 0 fully saturated rings. The lowest BCUT2D eigenvalue weighted by atomic mass is 10.1. The van der Waals surface area contributed by atoms with Gasteiger partial charge < -0.3 is 10.1 Å². The number of hydrogen-bond acceptors (Lipinski definition) is 3. The maximum absolute atomic E-state index is 8.21. The van der Waals surface area contributed by atoms with Crippen LogP contribution in [-0.4, -0.2) is 13.3 Å². The molecule has 0 saturated carbocycles. The van der Waals surface area contributed by atoms with Crippen molar-refractivity contribution < 1.29 is 4.74 Å². The van der Waals surface area contributed by atoms with Crippen LogP contribution >= 0.6 is 11.6 Å². The van der Waals surface area contributed by atoms with Crippen molar-refractivity contribution in [3.63, 3.8) is 0 Å². The molecule has 2 aromatic carbocycles. The smallest absolute Gasteiger partial charge is 0.167 e. The lowest BCUT2D eigenvalue weighted by molar-refractivity contribution is 0.329. The van der Waals surface area contributed by atoms with Gasteiger partial charge in [0.25, 0.3) is 0 Å². The Kier molecular flexibility index (Phi) is 7.43. The molecule has 0 aliphatic carbocycles. The quantitative estimate of drug-likeness (QED) is 0.291. The summed E-state index contributed by atoms with van der Waals surface area (Å²) in [6.45, 7) is 3.05. The predicted molar refractivity (Wildman–Crippen MR) is 97.3 cm³/mol. The number of azide groups is 1. The molecule has 0 aliphatic rings. The second kappa shape index (κ2) is 9.83. The van der Waals surface area contributed by atoms with Crippen LogP contribution < -0.4 is 10.1 Å². The van der Waals surface area contributed by atoms with E-state index in [1.807, 2.05) is 42.5 Å². The number of hydrogen-bond donors (Lipinski definition) is 1. The van der Waals surface area contributed by atoms with Gasteiger partial charge in [-0.2, -0.15) is 0 Å². The fourth-order valence-corrected chi connectivity index (χ4v) is 2.63. The molecule has 0 heterocycles. The normalized spacial score (nSPS) is 11.6. The van der Waals surface area contributed by atoms with Gasteiger partial charge >= 0.3 is 0 Å². The Morgan fingerprint density at radius 2 is 1.96 bits per heavy atom. The van der Waals surface area contributed by atoms with E-state index in [-0.39, 0.29) is 12.8 Å². The highest BCUT2D eigenvalue weighted by Gasteiger charge is 2.05. The summed E-state index contributed by atoms with van der Waals surface area (Å²) in [5.74, 6) is 0.692. The Hall–Kier alpha value is -2.20. The van der Waals surface area contributed by atoms with Crippen LogP contribution in [-0.2, 0) is 6.42 Å². The number of ether oxygens (including phenoxy) is 1. The summed E-state index contributed by atoms with van der Waals surface area (Å²) in [5, 5.41) is 7.69. The van der Waals surface area contributed by atoms with Gasteiger partial charge in [-0.05, 0) is 61.2 Å². The topological polar surface area (TPSA) is 70.0 Å². The maximum atomic E-state index is 8.21. The Labute approximate surface area is 147 Å². The average Bonchev–Trinajstić information content (AvgIpc) is 2.61. The molecular formula is C18H21ClN4O. The van der Waals surface area contributed by atoms with E-state index in [0.717, 1.165) is 24.4 Å². The monoisotopic (exact) mass is 344 g/mol. The van der Waals surface area contributed by atoms with Gasteiger partial charge in [-0.1, -0.05) is 47.0 Å². The lowest BCUT2D eigenvalue weighted by Gasteiger charge is -2.15. The zero-order valence-corrected chi connectivity index (χ0v) is 14.4. The largest absolute Gasteiger partial charge is 0.488 e. The minimum absolute atomic E-state index is 0.00565. The zero-order chi connectivity index (χ0) is 17.2. The summed E-state index contributed by atoms with van der Waals surface area (Å²) >= 11 is 6.16. The molecule has 0 radical (unpaired) electrons. The van der Waals surface area contributed by atoms with E-state index in [2.05, 4.69) is 28.3 Å². The van der Waals surface area contributed by atoms with Gasteiger partial charge in [-0.15, -0.1) is 0 Å². The SMILES string of the molecule is C[C@H](NCCCc1ccccc1Cl)c1ccc(OCN=[N+]=[N-])cc1. The summed E-state index contributed by atoms with van der Waals surface area (Å²) in [4.78, 5) is 2.65. The first-order chi connectivity index (χ1) is 11.7. The number of nitrogens with zero attached hydrogens (tertiary/aromatic N) is 3. The molecule has 126 valence electrons. The second-order valence-corrected chi connectivity index (χ2v) is 5.85. The number of nitrogens with one attached hydrogen (secondary N) is 1. The maximum Gasteiger partial charge on any atom is 0.167 e. The van der Waals surface area contributed by atoms with Crippen molar-refractivity contribution in [2.75, 3.05) is 13.3 Å². The van der Waals surface area contributed by atoms with Gasteiger partial charge in [-0.25, -0.2) is 0 Å². The van der Waals surface area contributed by atoms with E-state index in [9.17, 15) is 0 Å². The Morgan fingerprint density at radius 1 is 1.21 bits per heavy atom. The third kappa shape index (κ3) is 5.78. The molecule has 0 aromatic heterocycles. The van der Waals surface area contributed by atoms with Gasteiger partial charge in [-0.3, -0.25) is 0 Å². The van der Waals surface area contributed by atoms with Crippen molar-refractivity contribution in [1.82, 2.24) is 5.32 Å². The van der Waals surface area contributed by atoms with Gasteiger partial charge in [0.2, 0.25) is 0 Å². The van der Waals surface area contributed by atoms with Crippen molar-refractivity contribution in [3.05, 3.63) is 75.1 Å². The third-order valence-corrected chi connectivity index (χ3v) is 4.13. The van der Waals surface area contributed by atoms with Gasteiger partial charge in [0.15, 0.2) is 6.73 Å². The molecule has 1 N–H and O–H groups in total. The number of benzene rings is 2. The van der Waals surface area contributed by atoms with Crippen LogP contribution in [0.15, 0.2) is 53.6 Å². The molecule has 0 saturated heterocycles. The van der Waals surface area contributed by atoms with Crippen LogP contribution in [0.4, 0.5) is 0 Å². The molecule has 0 bridgehead atoms. The lowest BCUT2D eigenvalue weighted by Crippen LogP contribution is -2.20. The molecule has 0 aliphatic heterocycles. The molecular weight excluding hydrogens is 324 g/mol. The zero-order valence-electron chi connectivity index (χ0n) is 13.7. The molecule has 1 atom stereocenters. The first-order valence-electron chi connectivity index (χ1n) is 7.91. The minimum atomic E-state index is 0.00565. The molecule has 0 spiro atoms. The standard InChI is InChI=1S/C18H21ClN4O/c1-14(15-8-10-17(11-9-15)24-13-22-23-20)21-12-4-6-16-5-2-3-7-18(16)19/h2-3,5,7-11,14,21H,4,6,12-13H2,1H3/t14-/m0/s1. The first-order valence-corrected chi connectivity index (χ1v) is 8.29. The predicted octanol–water partition coefficient (Wildman–Crippen LogP) is 5.27. The van der Waals surface area contributed by atoms with Crippen molar-refractivity contribution in [2.45, 2.75) is 25.8 Å². The third-order valence-electron chi connectivity index (χ3n) is 3.76. The number of aryl methyl sites for hydroxylation is 1. The minimum Gasteiger partial charge on any atom is -0.488 e. The Balaban J connectivity index is 1.75. The van der Waals surface area contributed by atoms with Crippen LogP contribution in [0.1, 0.15) is 30.5 Å². The van der Waals surface area contributed by atoms with Crippen LogP contribution in [0, 0.1) is 0 Å². The van der Waals surface area contributed by atoms with Crippen LogP contribution in [0.5, 0.6) is 5.75 Å². The van der Waals surface area contributed by atoms with Crippen molar-refractivity contribution in [2.24, 2.45) is 5.11 Å². The van der Waals surface area contributed by atoms with Gasteiger partial charge in [0.1, 0.15) is 5.75 Å². The summed E-state index contributed by atoms with van der Waals surface area (Å²) in [6.07, 6.45) is 1.99. The summed E-state index contributed by atoms with van der Waals surface area (Å²) < 4.78 is 5.29. The van der Waals surface area contributed by atoms with E-state index in [4.69, 9.17) is 21.9 Å². The number of halogens is 1. The molecule has 0 unspecified atom stereocenters. The second-order valence-electron chi connectivity index (χ2n) is 5.44. The molecule has 6 heteroatoms. The van der Waals surface area contributed by atoms with E-state index >= 15 is 0 Å². The summed E-state index contributed by atoms with van der Waals surface area (Å²) in [5.41, 5.74) is 10.6. The Morgan fingerprint density at radius 3 is 2.67 bits per heavy atom. The van der Waals surface area contributed by atoms with Crippen LogP contribution in [0.25, 0.3) is 10.4 Å². The number of rotatable bonds is 9. The average molecular weight is 345 g/mol. The van der Waals surface area contributed by atoms with Crippen LogP contribution in [0.2, 0.25) is 5.02 Å². The molecule has 0 amide bonds. The molecule has 24 heavy (non-hydrogen) atoms. The van der Waals surface area contributed by atoms with Crippen molar-refractivity contribution in [3.8, 4) is 5.75 Å². The molecule has 2 aromatic rings. The van der Waals surface area contributed by atoms with E-state index < -0.39 is 0 Å². The highest BCUT2D eigenvalue weighted by atomic mass is 35.5. The fraction of sp³-hybridized carbons (Fsp3) is 0.333. The van der Waals surface area contributed by atoms with Crippen molar-refractivity contribution >= 4 is 11.6 Å². The Bertz CT molecular complexity index is 684. The highest BCUT2D eigenvalue weighted by Crippen LogP contribution is 2.19. The van der Waals surface area contributed by atoms with E-state index in [1.54, 1.807) is 0 Å². The highest BCUT2D eigenvalue weighted by molar-refractivity contribution is 6.31. The van der Waals surface area contributed by atoms with Gasteiger partial charge in [0, 0.05) is 16.0 Å². The van der Waals surface area contributed by atoms with Crippen LogP contribution in [0.3, 0.4) is 0 Å². The molecule has 2 rings (SSSR count). The van der Waals surface area contributed by atoms with E-state index in [0.29, 0.717) is 5.75 Å². The van der Waals surface area contributed by atoms with Gasteiger partial charge in [0.05, 0.1) is 0 Å². The van der Waals surface area contributed by atoms with Crippen molar-refractivity contribution in [1.29, 1.82) is 0 Å².